The molecule has 0 aliphatic carbocycles. The molecule has 3 rings (SSSR count). The fourth-order valence-electron chi connectivity index (χ4n) is 3.42. The minimum Gasteiger partial charge on any atom is -0.465 e. The third kappa shape index (κ3) is 7.17. The van der Waals surface area contributed by atoms with Crippen LogP contribution >= 0.6 is 23.2 Å². The minimum atomic E-state index is -3.68. The fourth-order valence-corrected chi connectivity index (χ4v) is 5.37. The lowest BCUT2D eigenvalue weighted by molar-refractivity contribution is -0.135. The van der Waals surface area contributed by atoms with Crippen molar-refractivity contribution < 1.29 is 27.9 Å². The van der Waals surface area contributed by atoms with E-state index in [0.29, 0.717) is 31.0 Å². The zero-order chi connectivity index (χ0) is 26.3. The van der Waals surface area contributed by atoms with Crippen LogP contribution in [0.25, 0.3) is 0 Å². The fraction of sp³-hybridized carbons (Fsp3) is 0.348. The van der Waals surface area contributed by atoms with Gasteiger partial charge in [0.1, 0.15) is 18.3 Å². The standard InChI is InChI=1S/C23H26Cl2N4O6S/c1-28(13-16-5-7-17(8-6-16)22-27-9-11-29(22)23(31)32)20(30)14-35-12-10-26-15-36(33,34)19-4-2-3-18(24)21(19)25/h2-8,26H,9-15H2,1H3,(H,31,32). The number of nitrogens with one attached hydrogen (secondary N) is 1. The topological polar surface area (TPSA) is 129 Å². The molecular formula is C23H26Cl2N4O6S. The number of likely N-dealkylation sites (N-methyl/N-ethyl adjacent to an activating group) is 1. The van der Waals surface area contributed by atoms with Gasteiger partial charge in [0.05, 0.1) is 34.6 Å². The number of nitrogens with zero attached hydrogens (tertiary/aromatic N) is 3. The SMILES string of the molecule is CN(Cc1ccc(C2=NCCN2C(=O)O)cc1)C(=O)COCCNCS(=O)(=O)c1cccc(Cl)c1Cl. The Morgan fingerprint density at radius 2 is 1.92 bits per heavy atom. The van der Waals surface area contributed by atoms with Crippen molar-refractivity contribution >= 4 is 50.9 Å². The predicted octanol–water partition coefficient (Wildman–Crippen LogP) is 2.73. The van der Waals surface area contributed by atoms with Crippen LogP contribution in [0.3, 0.4) is 0 Å². The van der Waals surface area contributed by atoms with Crippen LogP contribution in [-0.4, -0.2) is 86.9 Å². The Kier molecular flexibility index (Phi) is 9.69. The summed E-state index contributed by atoms with van der Waals surface area (Å²) >= 11 is 11.9. The highest BCUT2D eigenvalue weighted by atomic mass is 35.5. The van der Waals surface area contributed by atoms with Gasteiger partial charge in [-0.1, -0.05) is 53.5 Å². The Labute approximate surface area is 219 Å². The van der Waals surface area contributed by atoms with Crippen LogP contribution in [0.15, 0.2) is 52.4 Å². The van der Waals surface area contributed by atoms with Gasteiger partial charge in [-0.3, -0.25) is 14.7 Å². The maximum absolute atomic E-state index is 12.4. The van der Waals surface area contributed by atoms with E-state index >= 15 is 0 Å². The highest BCUT2D eigenvalue weighted by Gasteiger charge is 2.24. The molecule has 0 spiro atoms. The van der Waals surface area contributed by atoms with Crippen LogP contribution in [0.2, 0.25) is 10.0 Å². The van der Waals surface area contributed by atoms with Crippen molar-refractivity contribution in [2.24, 2.45) is 4.99 Å². The lowest BCUT2D eigenvalue weighted by Gasteiger charge is -2.18. The summed E-state index contributed by atoms with van der Waals surface area (Å²) in [6.07, 6.45) is -1.04. The molecule has 2 aromatic carbocycles. The molecule has 1 aliphatic heterocycles. The number of amidine groups is 1. The molecule has 2 aromatic rings. The van der Waals surface area contributed by atoms with E-state index in [4.69, 9.17) is 27.9 Å². The number of halogens is 2. The summed E-state index contributed by atoms with van der Waals surface area (Å²) in [4.78, 5) is 30.6. The van der Waals surface area contributed by atoms with Crippen LogP contribution in [-0.2, 0) is 25.9 Å². The second kappa shape index (κ2) is 12.5. The number of benzene rings is 2. The monoisotopic (exact) mass is 556 g/mol. The van der Waals surface area contributed by atoms with E-state index in [2.05, 4.69) is 10.3 Å². The maximum Gasteiger partial charge on any atom is 0.413 e. The third-order valence-corrected chi connectivity index (χ3v) is 7.85. The second-order valence-corrected chi connectivity index (χ2v) is 10.7. The smallest absolute Gasteiger partial charge is 0.413 e. The van der Waals surface area contributed by atoms with Crippen molar-refractivity contribution in [3.8, 4) is 0 Å². The molecule has 36 heavy (non-hydrogen) atoms. The summed E-state index contributed by atoms with van der Waals surface area (Å²) in [6.45, 7) is 1.30. The Hall–Kier alpha value is -2.70. The molecule has 1 aliphatic rings. The molecule has 0 saturated heterocycles. The zero-order valence-electron chi connectivity index (χ0n) is 19.5. The van der Waals surface area contributed by atoms with Gasteiger partial charge < -0.3 is 20.1 Å². The number of amides is 2. The van der Waals surface area contributed by atoms with Crippen molar-refractivity contribution in [2.75, 3.05) is 45.8 Å². The molecule has 0 aromatic heterocycles. The normalized spacial score (nSPS) is 13.5. The Morgan fingerprint density at radius 1 is 1.19 bits per heavy atom. The number of hydrogen-bond acceptors (Lipinski definition) is 7. The summed E-state index contributed by atoms with van der Waals surface area (Å²) in [6, 6.07) is 11.6. The molecule has 0 bridgehead atoms. The summed E-state index contributed by atoms with van der Waals surface area (Å²) in [5.74, 6) is -0.171. The van der Waals surface area contributed by atoms with Gasteiger partial charge in [-0.15, -0.1) is 0 Å². The number of ether oxygens (including phenoxy) is 1. The first kappa shape index (κ1) is 27.9. The van der Waals surface area contributed by atoms with E-state index in [0.717, 1.165) is 5.56 Å². The van der Waals surface area contributed by atoms with E-state index in [1.54, 1.807) is 19.2 Å². The Morgan fingerprint density at radius 3 is 2.61 bits per heavy atom. The van der Waals surface area contributed by atoms with Crippen molar-refractivity contribution in [1.82, 2.24) is 15.1 Å². The molecular weight excluding hydrogens is 531 g/mol. The van der Waals surface area contributed by atoms with Crippen LogP contribution < -0.4 is 5.32 Å². The molecule has 13 heteroatoms. The molecule has 0 radical (unpaired) electrons. The number of sulfone groups is 1. The van der Waals surface area contributed by atoms with Crippen LogP contribution in [0, 0.1) is 0 Å². The van der Waals surface area contributed by atoms with E-state index in [1.165, 1.54) is 28.0 Å². The lowest BCUT2D eigenvalue weighted by atomic mass is 10.1. The number of carbonyl (C=O) groups is 2. The molecule has 2 N–H and O–H groups in total. The van der Waals surface area contributed by atoms with Crippen molar-refractivity contribution in [3.63, 3.8) is 0 Å². The second-order valence-electron chi connectivity index (χ2n) is 7.95. The van der Waals surface area contributed by atoms with Crippen molar-refractivity contribution in [1.29, 1.82) is 0 Å². The molecule has 2 amide bonds. The maximum atomic E-state index is 12.4. The highest BCUT2D eigenvalue weighted by Crippen LogP contribution is 2.29. The van der Waals surface area contributed by atoms with E-state index in [-0.39, 0.29) is 46.5 Å². The Balaban J connectivity index is 1.38. The molecule has 0 saturated carbocycles. The summed E-state index contributed by atoms with van der Waals surface area (Å²) < 4.78 is 30.2. The van der Waals surface area contributed by atoms with Gasteiger partial charge in [-0.25, -0.2) is 13.2 Å². The number of carbonyl (C=O) groups excluding carboxylic acids is 1. The van der Waals surface area contributed by atoms with Gasteiger partial charge in [-0.2, -0.15) is 0 Å². The quantitative estimate of drug-likeness (QED) is 0.407. The average Bonchev–Trinajstić information content (AvgIpc) is 3.33. The van der Waals surface area contributed by atoms with Gasteiger partial charge in [0.2, 0.25) is 5.91 Å². The average molecular weight is 557 g/mol. The first-order valence-electron chi connectivity index (χ1n) is 10.9. The zero-order valence-corrected chi connectivity index (χ0v) is 21.8. The highest BCUT2D eigenvalue weighted by molar-refractivity contribution is 7.91. The molecule has 0 unspecified atom stereocenters. The van der Waals surface area contributed by atoms with Crippen LogP contribution in [0.4, 0.5) is 4.79 Å². The molecule has 1 heterocycles. The summed E-state index contributed by atoms with van der Waals surface area (Å²) in [5, 5.41) is 12.2. The van der Waals surface area contributed by atoms with Crippen LogP contribution in [0.1, 0.15) is 11.1 Å². The van der Waals surface area contributed by atoms with E-state index in [9.17, 15) is 23.1 Å². The van der Waals surface area contributed by atoms with Crippen molar-refractivity contribution in [2.45, 2.75) is 11.4 Å². The predicted molar refractivity (Wildman–Crippen MR) is 136 cm³/mol. The number of aliphatic imine (C=N–C) groups is 1. The van der Waals surface area contributed by atoms with Crippen LogP contribution in [0.5, 0.6) is 0 Å². The molecule has 194 valence electrons. The number of carboxylic acid groups (broad SMARTS) is 1. The molecule has 10 nitrogen and oxygen atoms in total. The number of rotatable bonds is 11. The summed E-state index contributed by atoms with van der Waals surface area (Å²) in [7, 11) is -2.03. The summed E-state index contributed by atoms with van der Waals surface area (Å²) in [5.41, 5.74) is 1.56. The lowest BCUT2D eigenvalue weighted by Crippen LogP contribution is -2.33. The largest absolute Gasteiger partial charge is 0.465 e. The van der Waals surface area contributed by atoms with Gasteiger partial charge >= 0.3 is 6.09 Å². The van der Waals surface area contributed by atoms with Crippen molar-refractivity contribution in [3.05, 3.63) is 63.6 Å². The van der Waals surface area contributed by atoms with Gasteiger partial charge in [-0.05, 0) is 17.7 Å². The van der Waals surface area contributed by atoms with Gasteiger partial charge in [0.15, 0.2) is 9.84 Å². The first-order chi connectivity index (χ1) is 17.1. The van der Waals surface area contributed by atoms with E-state index < -0.39 is 15.9 Å². The first-order valence-corrected chi connectivity index (χ1v) is 13.3. The number of hydrogen-bond donors (Lipinski definition) is 2. The van der Waals surface area contributed by atoms with E-state index in [1.807, 2.05) is 12.1 Å². The van der Waals surface area contributed by atoms with Gasteiger partial charge in [0.25, 0.3) is 0 Å². The molecule has 0 fully saturated rings. The Bertz CT molecular complexity index is 1240. The minimum absolute atomic E-state index is 0.0185. The molecule has 0 atom stereocenters. The van der Waals surface area contributed by atoms with Gasteiger partial charge in [0, 0.05) is 25.7 Å². The third-order valence-electron chi connectivity index (χ3n) is 5.32.